The summed E-state index contributed by atoms with van der Waals surface area (Å²) in [6, 6.07) is 31.2. The Hall–Kier alpha value is -5.64. The summed E-state index contributed by atoms with van der Waals surface area (Å²) >= 11 is 3.33. The minimum absolute atomic E-state index is 0.641. The fraction of sp³-hybridized carbons (Fsp3) is 0.440. The Labute approximate surface area is 383 Å². The van der Waals surface area contributed by atoms with Crippen molar-refractivity contribution in [2.45, 2.75) is 38.5 Å². The zero-order valence-electron chi connectivity index (χ0n) is 36.4. The van der Waals surface area contributed by atoms with Crippen LogP contribution in [0.5, 0.6) is 23.0 Å². The molecular formula is C50H61BrN8O4. The van der Waals surface area contributed by atoms with Crippen LogP contribution in [-0.4, -0.2) is 118 Å². The highest BCUT2D eigenvalue weighted by molar-refractivity contribution is 9.09. The van der Waals surface area contributed by atoms with Gasteiger partial charge in [-0.2, -0.15) is 5.26 Å². The van der Waals surface area contributed by atoms with Gasteiger partial charge in [0.25, 0.3) is 0 Å². The Morgan fingerprint density at radius 1 is 0.492 bits per heavy atom. The van der Waals surface area contributed by atoms with Crippen molar-refractivity contribution in [1.82, 2.24) is 20.0 Å². The average molecular weight is 918 g/mol. The molecule has 4 aromatic rings. The summed E-state index contributed by atoms with van der Waals surface area (Å²) < 4.78 is 22.7. The van der Waals surface area contributed by atoms with E-state index in [1.54, 1.807) is 48.5 Å². The number of nitrogens with zero attached hydrogens (tertiary/aromatic N) is 7. The first-order valence-corrected chi connectivity index (χ1v) is 23.0. The van der Waals surface area contributed by atoms with Crippen LogP contribution in [0.2, 0.25) is 0 Å². The third-order valence-corrected chi connectivity index (χ3v) is 10.8. The molecule has 13 heteroatoms. The monoisotopic (exact) mass is 916 g/mol. The predicted molar refractivity (Wildman–Crippen MR) is 255 cm³/mol. The standard InChI is InChI=1S/C25H30N4O2.C15H21N3O.C10H10BrNO/c1-27-23-7-11-25(12-8-23)31-20-4-16-29-14-2-13-28(17-18-29)15-3-19-30-24-9-5-22(21-26)6-10-24;1-16-14-4-6-15(7-5-14)19-13-3-11-18-10-2-8-17-9-12-18;1-12-9-3-5-10(6-4-9)13-8-2-7-11/h5-12H,2-4,13-20H2;4-7,17H,2-3,8-13H2;3-6H,2,7-8H2. The van der Waals surface area contributed by atoms with Gasteiger partial charge in [0.05, 0.1) is 57.8 Å². The van der Waals surface area contributed by atoms with Crippen molar-refractivity contribution in [3.05, 3.63) is 137 Å². The predicted octanol–water partition coefficient (Wildman–Crippen LogP) is 10.1. The number of nitrogens with one attached hydrogen (secondary N) is 1. The summed E-state index contributed by atoms with van der Waals surface area (Å²) in [6.07, 6.45) is 6.46. The first kappa shape index (κ1) is 50.0. The second kappa shape index (κ2) is 31.2. The largest absolute Gasteiger partial charge is 0.494 e. The molecule has 0 spiro atoms. The molecule has 0 saturated carbocycles. The molecule has 2 aliphatic heterocycles. The summed E-state index contributed by atoms with van der Waals surface area (Å²) in [4.78, 5) is 17.6. The van der Waals surface area contributed by atoms with Gasteiger partial charge in [0, 0.05) is 51.1 Å². The highest BCUT2D eigenvalue weighted by Gasteiger charge is 2.14. The van der Waals surface area contributed by atoms with Crippen LogP contribution in [0.25, 0.3) is 14.5 Å². The first-order valence-electron chi connectivity index (χ1n) is 21.9. The lowest BCUT2D eigenvalue weighted by atomic mass is 10.2. The number of ether oxygens (including phenoxy) is 4. The molecule has 4 aromatic carbocycles. The minimum atomic E-state index is 0.641. The summed E-state index contributed by atoms with van der Waals surface area (Å²) in [6.45, 7) is 35.7. The molecule has 6 rings (SSSR count). The number of benzene rings is 4. The highest BCUT2D eigenvalue weighted by atomic mass is 79.9. The van der Waals surface area contributed by atoms with E-state index in [1.165, 1.54) is 19.4 Å². The molecule has 2 heterocycles. The summed E-state index contributed by atoms with van der Waals surface area (Å²) in [7, 11) is 0. The first-order chi connectivity index (χ1) is 31.0. The van der Waals surface area contributed by atoms with Crippen molar-refractivity contribution in [3.63, 3.8) is 0 Å². The molecule has 332 valence electrons. The molecular weight excluding hydrogens is 857 g/mol. The summed E-state index contributed by atoms with van der Waals surface area (Å²) in [5.41, 5.74) is 2.60. The molecule has 0 radical (unpaired) electrons. The smallest absolute Gasteiger partial charge is 0.187 e. The topological polar surface area (TPSA) is 95.5 Å². The Kier molecular flexibility index (Phi) is 24.8. The Bertz CT molecular complexity index is 1930. The van der Waals surface area contributed by atoms with Crippen molar-refractivity contribution in [3.8, 4) is 29.1 Å². The van der Waals surface area contributed by atoms with Crippen LogP contribution in [0.15, 0.2) is 97.1 Å². The van der Waals surface area contributed by atoms with Gasteiger partial charge in [-0.05, 0) is 125 Å². The molecule has 2 fully saturated rings. The van der Waals surface area contributed by atoms with Gasteiger partial charge in [0.15, 0.2) is 17.1 Å². The number of rotatable bonds is 19. The van der Waals surface area contributed by atoms with E-state index < -0.39 is 0 Å². The lowest BCUT2D eigenvalue weighted by Gasteiger charge is -2.21. The maximum absolute atomic E-state index is 8.84. The van der Waals surface area contributed by atoms with E-state index in [1.807, 2.05) is 48.5 Å². The third kappa shape index (κ3) is 21.3. The van der Waals surface area contributed by atoms with Gasteiger partial charge >= 0.3 is 0 Å². The Balaban J connectivity index is 0.000000230. The van der Waals surface area contributed by atoms with Crippen molar-refractivity contribution in [2.24, 2.45) is 0 Å². The summed E-state index contributed by atoms with van der Waals surface area (Å²) in [5.74, 6) is 3.33. The van der Waals surface area contributed by atoms with Gasteiger partial charge in [-0.3, -0.25) is 0 Å². The van der Waals surface area contributed by atoms with Gasteiger partial charge in [-0.25, -0.2) is 14.5 Å². The quantitative estimate of drug-likeness (QED) is 0.0561. The van der Waals surface area contributed by atoms with Gasteiger partial charge in [-0.15, -0.1) is 0 Å². The van der Waals surface area contributed by atoms with Gasteiger partial charge in [0.2, 0.25) is 0 Å². The van der Waals surface area contributed by atoms with Crippen LogP contribution in [0.3, 0.4) is 0 Å². The zero-order valence-corrected chi connectivity index (χ0v) is 38.0. The van der Waals surface area contributed by atoms with Gasteiger partial charge < -0.3 is 39.0 Å². The molecule has 0 bridgehead atoms. The van der Waals surface area contributed by atoms with Crippen molar-refractivity contribution >= 4 is 33.0 Å². The molecule has 0 amide bonds. The number of alkyl halides is 1. The van der Waals surface area contributed by atoms with E-state index in [4.69, 9.17) is 43.9 Å². The molecule has 12 nitrogen and oxygen atoms in total. The van der Waals surface area contributed by atoms with E-state index in [2.05, 4.69) is 56.6 Å². The lowest BCUT2D eigenvalue weighted by molar-refractivity contribution is 0.221. The van der Waals surface area contributed by atoms with Crippen LogP contribution < -0.4 is 24.3 Å². The van der Waals surface area contributed by atoms with Crippen molar-refractivity contribution < 1.29 is 18.9 Å². The van der Waals surface area contributed by atoms with E-state index >= 15 is 0 Å². The molecule has 1 N–H and O–H groups in total. The number of hydrogen-bond donors (Lipinski definition) is 1. The molecule has 2 saturated heterocycles. The fourth-order valence-corrected chi connectivity index (χ4v) is 6.98. The maximum Gasteiger partial charge on any atom is 0.187 e. The van der Waals surface area contributed by atoms with Crippen LogP contribution in [0, 0.1) is 31.0 Å². The summed E-state index contributed by atoms with van der Waals surface area (Å²) in [5, 5.41) is 13.2. The van der Waals surface area contributed by atoms with Gasteiger partial charge in [0.1, 0.15) is 23.0 Å². The zero-order chi connectivity index (χ0) is 44.6. The average Bonchev–Trinajstić information content (AvgIpc) is 3.75. The second-order valence-corrected chi connectivity index (χ2v) is 15.7. The Morgan fingerprint density at radius 3 is 1.24 bits per heavy atom. The normalized spacial score (nSPS) is 14.2. The van der Waals surface area contributed by atoms with E-state index in [-0.39, 0.29) is 0 Å². The van der Waals surface area contributed by atoms with Crippen LogP contribution in [0.1, 0.15) is 44.1 Å². The number of hydrogen-bond acceptors (Lipinski definition) is 9. The SMILES string of the molecule is [C-]#[N+]c1ccc(OCCCBr)cc1.[C-]#[N+]c1ccc(OCCCN2CCCN(CCCOc3ccc(C#N)cc3)CC2)cc1.[C-]#[N+]c1ccc(OCCCN2CCCNCC2)cc1. The molecule has 0 atom stereocenters. The molecule has 63 heavy (non-hydrogen) atoms. The van der Waals surface area contributed by atoms with Crippen LogP contribution in [0.4, 0.5) is 17.1 Å². The van der Waals surface area contributed by atoms with Crippen LogP contribution >= 0.6 is 15.9 Å². The fourth-order valence-electron chi connectivity index (χ4n) is 6.75. The molecule has 0 aliphatic carbocycles. The van der Waals surface area contributed by atoms with E-state index in [9.17, 15) is 0 Å². The molecule has 2 aliphatic rings. The molecule has 0 aromatic heterocycles. The lowest BCUT2D eigenvalue weighted by Crippen LogP contribution is -2.32. The van der Waals surface area contributed by atoms with Gasteiger partial charge in [-0.1, -0.05) is 52.3 Å². The maximum atomic E-state index is 8.84. The third-order valence-electron chi connectivity index (χ3n) is 10.2. The van der Waals surface area contributed by atoms with Crippen molar-refractivity contribution in [1.29, 1.82) is 5.26 Å². The van der Waals surface area contributed by atoms with E-state index in [0.717, 1.165) is 126 Å². The minimum Gasteiger partial charge on any atom is -0.494 e. The molecule has 0 unspecified atom stereocenters. The second-order valence-electron chi connectivity index (χ2n) is 14.9. The highest BCUT2D eigenvalue weighted by Crippen LogP contribution is 2.20. The van der Waals surface area contributed by atoms with E-state index in [0.29, 0.717) is 42.4 Å². The number of halogens is 1. The Morgan fingerprint density at radius 2 is 0.857 bits per heavy atom. The number of nitriles is 1. The van der Waals surface area contributed by atoms with Crippen LogP contribution in [-0.2, 0) is 0 Å². The van der Waals surface area contributed by atoms with Crippen molar-refractivity contribution in [2.75, 3.05) is 104 Å².